The zero-order chi connectivity index (χ0) is 19.8. The molecular formula is C21H20N4O2S. The van der Waals surface area contributed by atoms with Crippen molar-refractivity contribution in [2.45, 2.75) is 32.3 Å². The van der Waals surface area contributed by atoms with Crippen molar-refractivity contribution in [1.29, 1.82) is 0 Å². The molecule has 0 atom stereocenters. The highest BCUT2D eigenvalue weighted by Gasteiger charge is 2.18. The van der Waals surface area contributed by atoms with Gasteiger partial charge in [0.25, 0.3) is 5.56 Å². The van der Waals surface area contributed by atoms with E-state index >= 15 is 0 Å². The first kappa shape index (κ1) is 18.4. The van der Waals surface area contributed by atoms with Crippen LogP contribution < -0.4 is 5.56 Å². The minimum absolute atomic E-state index is 0.122. The van der Waals surface area contributed by atoms with Crippen LogP contribution in [0.2, 0.25) is 0 Å². The number of rotatable bonds is 5. The van der Waals surface area contributed by atoms with Gasteiger partial charge in [0, 0.05) is 12.2 Å². The maximum atomic E-state index is 13.3. The van der Waals surface area contributed by atoms with Gasteiger partial charge in [-0.05, 0) is 44.5 Å². The number of carbonyl (C=O) groups excluding carboxylic acids is 1. The van der Waals surface area contributed by atoms with Crippen LogP contribution in [0.3, 0.4) is 0 Å². The maximum absolute atomic E-state index is 13.3. The number of para-hydroxylation sites is 1. The van der Waals surface area contributed by atoms with Crippen LogP contribution in [0, 0.1) is 13.8 Å². The molecule has 6 nitrogen and oxygen atoms in total. The van der Waals surface area contributed by atoms with Gasteiger partial charge in [-0.2, -0.15) is 0 Å². The van der Waals surface area contributed by atoms with Crippen molar-refractivity contribution < 1.29 is 4.79 Å². The van der Waals surface area contributed by atoms with E-state index in [1.165, 1.54) is 11.8 Å². The Hall–Kier alpha value is -2.93. The van der Waals surface area contributed by atoms with Gasteiger partial charge < -0.3 is 0 Å². The lowest BCUT2D eigenvalue weighted by molar-refractivity contribution is -0.116. The molecule has 2 heterocycles. The molecule has 28 heavy (non-hydrogen) atoms. The first-order valence-corrected chi connectivity index (χ1v) is 10.0. The molecule has 0 amide bonds. The summed E-state index contributed by atoms with van der Waals surface area (Å²) >= 11 is 1.47. The van der Waals surface area contributed by atoms with Gasteiger partial charge in [-0.1, -0.05) is 41.6 Å². The minimum Gasteiger partial charge on any atom is -0.300 e. The summed E-state index contributed by atoms with van der Waals surface area (Å²) in [6.45, 7) is 5.59. The minimum atomic E-state index is -0.122. The molecule has 0 unspecified atom stereocenters. The lowest BCUT2D eigenvalue weighted by Gasteiger charge is -2.13. The predicted molar refractivity (Wildman–Crippen MR) is 112 cm³/mol. The quantitative estimate of drug-likeness (QED) is 0.484. The molecule has 0 fully saturated rings. The van der Waals surface area contributed by atoms with E-state index in [4.69, 9.17) is 0 Å². The number of carbonyl (C=O) groups is 1. The average molecular weight is 392 g/mol. The number of hydrogen-bond acceptors (Lipinski definition) is 5. The summed E-state index contributed by atoms with van der Waals surface area (Å²) in [6.07, 6.45) is 0.466. The largest absolute Gasteiger partial charge is 0.300 e. The molecule has 4 aromatic rings. The van der Waals surface area contributed by atoms with Crippen molar-refractivity contribution in [3.05, 3.63) is 63.9 Å². The number of Topliss-reactive ketones (excluding diaryl/α,β-unsaturated/α-hetero) is 1. The Morgan fingerprint density at radius 1 is 1.11 bits per heavy atom. The smallest absolute Gasteiger partial charge is 0.267 e. The number of nitrogens with zero attached hydrogens (tertiary/aromatic N) is 4. The number of ketones is 1. The highest BCUT2D eigenvalue weighted by atomic mass is 32.2. The summed E-state index contributed by atoms with van der Waals surface area (Å²) in [7, 11) is 0. The Balaban J connectivity index is 2.02. The third-order valence-electron chi connectivity index (χ3n) is 4.67. The van der Waals surface area contributed by atoms with Gasteiger partial charge in [-0.3, -0.25) is 14.0 Å². The van der Waals surface area contributed by atoms with Gasteiger partial charge in [-0.15, -0.1) is 10.2 Å². The van der Waals surface area contributed by atoms with Crippen molar-refractivity contribution in [3.63, 3.8) is 0 Å². The molecule has 0 radical (unpaired) electrons. The fourth-order valence-electron chi connectivity index (χ4n) is 3.33. The fraction of sp³-hybridized carbons (Fsp3) is 0.238. The SMILES string of the molecule is CC(=O)CCSc1nnc2n(-c3ccc(C)cc3C)c(=O)c3ccccc3n12. The van der Waals surface area contributed by atoms with Gasteiger partial charge >= 0.3 is 0 Å². The number of aryl methyl sites for hydroxylation is 2. The average Bonchev–Trinajstić information content (AvgIpc) is 3.07. The third kappa shape index (κ3) is 3.11. The van der Waals surface area contributed by atoms with Crippen molar-refractivity contribution >= 4 is 34.2 Å². The van der Waals surface area contributed by atoms with E-state index in [9.17, 15) is 9.59 Å². The van der Waals surface area contributed by atoms with Gasteiger partial charge in [0.2, 0.25) is 5.78 Å². The number of thioether (sulfide) groups is 1. The summed E-state index contributed by atoms with van der Waals surface area (Å²) in [6, 6.07) is 13.4. The van der Waals surface area contributed by atoms with Crippen molar-refractivity contribution in [1.82, 2.24) is 19.2 Å². The molecule has 0 aliphatic rings. The molecule has 2 aromatic heterocycles. The van der Waals surface area contributed by atoms with Crippen LogP contribution in [-0.4, -0.2) is 30.7 Å². The van der Waals surface area contributed by atoms with E-state index in [0.29, 0.717) is 28.5 Å². The fourth-order valence-corrected chi connectivity index (χ4v) is 4.31. The van der Waals surface area contributed by atoms with Crippen molar-refractivity contribution in [2.24, 2.45) is 0 Å². The Kier molecular flexibility index (Phi) is 4.77. The second-order valence-electron chi connectivity index (χ2n) is 6.87. The number of aromatic nitrogens is 4. The zero-order valence-corrected chi connectivity index (χ0v) is 16.8. The van der Waals surface area contributed by atoms with Crippen LogP contribution >= 0.6 is 11.8 Å². The molecule has 142 valence electrons. The molecular weight excluding hydrogens is 372 g/mol. The standard InChI is InChI=1S/C21H20N4O2S/c1-13-8-9-17(14(2)12-13)24-19(27)16-6-4-5-7-18(16)25-20(24)22-23-21(25)28-11-10-15(3)26/h4-9,12H,10-11H2,1-3H3. The van der Waals surface area contributed by atoms with Crippen LogP contribution in [0.1, 0.15) is 24.5 Å². The first-order valence-electron chi connectivity index (χ1n) is 9.06. The van der Waals surface area contributed by atoms with Crippen LogP contribution in [0.4, 0.5) is 0 Å². The molecule has 0 saturated carbocycles. The highest BCUT2D eigenvalue weighted by molar-refractivity contribution is 7.99. The van der Waals surface area contributed by atoms with E-state index < -0.39 is 0 Å². The number of fused-ring (bicyclic) bond motifs is 3. The number of benzene rings is 2. The second-order valence-corrected chi connectivity index (χ2v) is 7.93. The van der Waals surface area contributed by atoms with Crippen LogP contribution in [0.15, 0.2) is 52.4 Å². The predicted octanol–water partition coefficient (Wildman–Crippen LogP) is 3.72. The van der Waals surface area contributed by atoms with Crippen molar-refractivity contribution in [2.75, 3.05) is 5.75 Å². The summed E-state index contributed by atoms with van der Waals surface area (Å²) in [4.78, 5) is 24.6. The van der Waals surface area contributed by atoms with Crippen LogP contribution in [0.25, 0.3) is 22.4 Å². The van der Waals surface area contributed by atoms with Crippen molar-refractivity contribution in [3.8, 4) is 5.69 Å². The second kappa shape index (κ2) is 7.24. The lowest BCUT2D eigenvalue weighted by Crippen LogP contribution is -2.22. The van der Waals surface area contributed by atoms with Crippen LogP contribution in [-0.2, 0) is 4.79 Å². The van der Waals surface area contributed by atoms with E-state index in [2.05, 4.69) is 10.2 Å². The third-order valence-corrected chi connectivity index (χ3v) is 5.60. The highest BCUT2D eigenvalue weighted by Crippen LogP contribution is 2.24. The Labute approximate surface area is 166 Å². The first-order chi connectivity index (χ1) is 13.5. The molecule has 0 spiro atoms. The van der Waals surface area contributed by atoms with E-state index in [0.717, 1.165) is 22.3 Å². The zero-order valence-electron chi connectivity index (χ0n) is 16.0. The maximum Gasteiger partial charge on any atom is 0.267 e. The van der Waals surface area contributed by atoms with Gasteiger partial charge in [0.15, 0.2) is 5.16 Å². The van der Waals surface area contributed by atoms with Gasteiger partial charge in [-0.25, -0.2) is 4.57 Å². The molecule has 0 bridgehead atoms. The van der Waals surface area contributed by atoms with Gasteiger partial charge in [0.05, 0.1) is 16.6 Å². The summed E-state index contributed by atoms with van der Waals surface area (Å²) in [5.41, 5.74) is 3.56. The molecule has 2 aromatic carbocycles. The molecule has 0 saturated heterocycles. The summed E-state index contributed by atoms with van der Waals surface area (Å²) in [5, 5.41) is 9.93. The van der Waals surface area contributed by atoms with E-state index in [1.807, 2.05) is 60.7 Å². The number of hydrogen-bond donors (Lipinski definition) is 0. The summed E-state index contributed by atoms with van der Waals surface area (Å²) in [5.74, 6) is 1.23. The van der Waals surface area contributed by atoms with Crippen LogP contribution in [0.5, 0.6) is 0 Å². The Morgan fingerprint density at radius 3 is 2.64 bits per heavy atom. The molecule has 4 rings (SSSR count). The molecule has 0 N–H and O–H groups in total. The van der Waals surface area contributed by atoms with Gasteiger partial charge in [0.1, 0.15) is 5.78 Å². The van der Waals surface area contributed by atoms with E-state index in [-0.39, 0.29) is 11.3 Å². The van der Waals surface area contributed by atoms with E-state index in [1.54, 1.807) is 11.5 Å². The summed E-state index contributed by atoms with van der Waals surface area (Å²) < 4.78 is 3.53. The molecule has 7 heteroatoms. The normalized spacial score (nSPS) is 11.4. The Morgan fingerprint density at radius 2 is 1.89 bits per heavy atom. The molecule has 0 aliphatic carbocycles. The Bertz CT molecular complexity index is 1270. The topological polar surface area (TPSA) is 69.3 Å². The monoisotopic (exact) mass is 392 g/mol. The molecule has 0 aliphatic heterocycles. The lowest BCUT2D eigenvalue weighted by atomic mass is 10.1.